The first-order valence-electron chi connectivity index (χ1n) is 5.49. The van der Waals surface area contributed by atoms with Crippen LogP contribution in [0.5, 0.6) is 0 Å². The first-order valence-corrected chi connectivity index (χ1v) is 7.16. The first-order chi connectivity index (χ1) is 8.06. The number of hydrogen-bond donors (Lipinski definition) is 1. The van der Waals surface area contributed by atoms with Crippen LogP contribution < -0.4 is 5.73 Å². The molecule has 2 N–H and O–H groups in total. The summed E-state index contributed by atoms with van der Waals surface area (Å²) in [4.78, 5) is 4.45. The molecule has 2 aromatic rings. The monoisotopic (exact) mass is 310 g/mol. The zero-order chi connectivity index (χ0) is 12.4. The molecule has 2 nitrogen and oxygen atoms in total. The number of aryl methyl sites for hydroxylation is 2. The van der Waals surface area contributed by atoms with E-state index in [1.807, 2.05) is 6.92 Å². The molecule has 0 bridgehead atoms. The maximum Gasteiger partial charge on any atom is 0.0947 e. The molecule has 1 atom stereocenters. The van der Waals surface area contributed by atoms with E-state index in [1.54, 1.807) is 11.3 Å². The number of thiazole rings is 1. The van der Waals surface area contributed by atoms with Crippen LogP contribution in [0.3, 0.4) is 0 Å². The van der Waals surface area contributed by atoms with Gasteiger partial charge in [-0.25, -0.2) is 4.98 Å². The summed E-state index contributed by atoms with van der Waals surface area (Å²) in [7, 11) is 0. The van der Waals surface area contributed by atoms with Crippen LogP contribution in [0.4, 0.5) is 0 Å². The maximum atomic E-state index is 6.22. The third kappa shape index (κ3) is 3.15. The van der Waals surface area contributed by atoms with Gasteiger partial charge in [0, 0.05) is 28.0 Å². The Morgan fingerprint density at radius 2 is 2.18 bits per heavy atom. The molecule has 0 saturated heterocycles. The van der Waals surface area contributed by atoms with Crippen molar-refractivity contribution < 1.29 is 0 Å². The molecule has 0 saturated carbocycles. The number of nitrogens with two attached hydrogens (primary N) is 1. The third-order valence-corrected chi connectivity index (χ3v) is 4.29. The van der Waals surface area contributed by atoms with Gasteiger partial charge in [-0.3, -0.25) is 0 Å². The van der Waals surface area contributed by atoms with Gasteiger partial charge in [-0.1, -0.05) is 28.1 Å². The molecule has 17 heavy (non-hydrogen) atoms. The Bertz CT molecular complexity index is 522. The first kappa shape index (κ1) is 12.7. The maximum absolute atomic E-state index is 6.22. The fourth-order valence-corrected chi connectivity index (χ4v) is 3.35. The average Bonchev–Trinajstić information content (AvgIpc) is 2.63. The van der Waals surface area contributed by atoms with Gasteiger partial charge >= 0.3 is 0 Å². The van der Waals surface area contributed by atoms with E-state index in [0.29, 0.717) is 0 Å². The molecule has 0 radical (unpaired) electrons. The number of hydrogen-bond acceptors (Lipinski definition) is 3. The molecule has 0 aliphatic rings. The van der Waals surface area contributed by atoms with Gasteiger partial charge in [0.1, 0.15) is 0 Å². The SMILES string of the molecule is Cc1ccc(C(N)Cc2nc(C)cs2)c(Br)c1. The molecule has 1 aromatic carbocycles. The molecular weight excluding hydrogens is 296 g/mol. The summed E-state index contributed by atoms with van der Waals surface area (Å²) in [6.45, 7) is 4.08. The molecule has 0 spiro atoms. The quantitative estimate of drug-likeness (QED) is 0.937. The molecule has 1 heterocycles. The second-order valence-electron chi connectivity index (χ2n) is 4.22. The molecular formula is C13H15BrN2S. The van der Waals surface area contributed by atoms with Gasteiger partial charge in [-0.05, 0) is 31.0 Å². The Kier molecular flexibility index (Phi) is 3.97. The number of aromatic nitrogens is 1. The lowest BCUT2D eigenvalue weighted by molar-refractivity contribution is 0.713. The highest BCUT2D eigenvalue weighted by molar-refractivity contribution is 9.10. The van der Waals surface area contributed by atoms with Crippen molar-refractivity contribution in [1.82, 2.24) is 4.98 Å². The van der Waals surface area contributed by atoms with E-state index >= 15 is 0 Å². The normalized spacial score (nSPS) is 12.7. The summed E-state index contributed by atoms with van der Waals surface area (Å²) in [5.41, 5.74) is 9.67. The van der Waals surface area contributed by atoms with Crippen LogP contribution in [-0.4, -0.2) is 4.98 Å². The minimum Gasteiger partial charge on any atom is -0.324 e. The standard InChI is InChI=1S/C13H15BrN2S/c1-8-3-4-10(11(14)5-8)12(15)6-13-16-9(2)7-17-13/h3-5,7,12H,6,15H2,1-2H3. The predicted molar refractivity (Wildman–Crippen MR) is 76.4 cm³/mol. The molecule has 4 heteroatoms. The van der Waals surface area contributed by atoms with Crippen LogP contribution >= 0.6 is 27.3 Å². The van der Waals surface area contributed by atoms with Crippen LogP contribution in [0.1, 0.15) is 27.9 Å². The lowest BCUT2D eigenvalue weighted by Gasteiger charge is -2.13. The van der Waals surface area contributed by atoms with Crippen molar-refractivity contribution in [2.45, 2.75) is 26.3 Å². The largest absolute Gasteiger partial charge is 0.324 e. The summed E-state index contributed by atoms with van der Waals surface area (Å²) in [6.07, 6.45) is 0.792. The Labute approximate surface area is 114 Å². The van der Waals surface area contributed by atoms with Gasteiger partial charge in [0.25, 0.3) is 0 Å². The summed E-state index contributed by atoms with van der Waals surface area (Å²) in [6, 6.07) is 6.27. The van der Waals surface area contributed by atoms with E-state index in [2.05, 4.69) is 51.4 Å². The van der Waals surface area contributed by atoms with Crippen molar-refractivity contribution in [3.8, 4) is 0 Å². The lowest BCUT2D eigenvalue weighted by Crippen LogP contribution is -2.14. The Hall–Kier alpha value is -0.710. The van der Waals surface area contributed by atoms with Gasteiger partial charge in [-0.2, -0.15) is 0 Å². The van der Waals surface area contributed by atoms with Crippen molar-refractivity contribution in [2.75, 3.05) is 0 Å². The molecule has 0 amide bonds. The summed E-state index contributed by atoms with van der Waals surface area (Å²) in [5, 5.41) is 3.16. The van der Waals surface area contributed by atoms with Crippen LogP contribution in [0.15, 0.2) is 28.1 Å². The molecule has 1 aromatic heterocycles. The van der Waals surface area contributed by atoms with E-state index in [9.17, 15) is 0 Å². The van der Waals surface area contributed by atoms with Crippen LogP contribution in [0, 0.1) is 13.8 Å². The fourth-order valence-electron chi connectivity index (χ4n) is 1.73. The van der Waals surface area contributed by atoms with Crippen molar-refractivity contribution in [3.63, 3.8) is 0 Å². The van der Waals surface area contributed by atoms with Gasteiger partial charge in [0.2, 0.25) is 0 Å². The smallest absolute Gasteiger partial charge is 0.0947 e. The van der Waals surface area contributed by atoms with Crippen molar-refractivity contribution >= 4 is 27.3 Å². The molecule has 1 unspecified atom stereocenters. The highest BCUT2D eigenvalue weighted by Gasteiger charge is 2.12. The summed E-state index contributed by atoms with van der Waals surface area (Å²) >= 11 is 5.24. The van der Waals surface area contributed by atoms with Gasteiger partial charge in [0.15, 0.2) is 0 Å². The van der Waals surface area contributed by atoms with E-state index in [-0.39, 0.29) is 6.04 Å². The Morgan fingerprint density at radius 3 is 2.76 bits per heavy atom. The van der Waals surface area contributed by atoms with Crippen LogP contribution in [0.25, 0.3) is 0 Å². The minimum atomic E-state index is -0.00414. The second-order valence-corrected chi connectivity index (χ2v) is 6.02. The number of halogens is 1. The van der Waals surface area contributed by atoms with E-state index in [4.69, 9.17) is 5.73 Å². The minimum absolute atomic E-state index is 0.00414. The van der Waals surface area contributed by atoms with Gasteiger partial charge in [-0.15, -0.1) is 11.3 Å². The van der Waals surface area contributed by atoms with E-state index < -0.39 is 0 Å². The second kappa shape index (κ2) is 5.29. The zero-order valence-electron chi connectivity index (χ0n) is 9.90. The van der Waals surface area contributed by atoms with Gasteiger partial charge < -0.3 is 5.73 Å². The molecule has 90 valence electrons. The zero-order valence-corrected chi connectivity index (χ0v) is 12.3. The average molecular weight is 311 g/mol. The topological polar surface area (TPSA) is 38.9 Å². The Morgan fingerprint density at radius 1 is 1.41 bits per heavy atom. The van der Waals surface area contributed by atoms with Crippen molar-refractivity contribution in [3.05, 3.63) is 49.9 Å². The molecule has 2 rings (SSSR count). The molecule has 0 aliphatic carbocycles. The Balaban J connectivity index is 2.17. The van der Waals surface area contributed by atoms with Crippen LogP contribution in [-0.2, 0) is 6.42 Å². The van der Waals surface area contributed by atoms with Crippen LogP contribution in [0.2, 0.25) is 0 Å². The highest BCUT2D eigenvalue weighted by Crippen LogP contribution is 2.26. The lowest BCUT2D eigenvalue weighted by atomic mass is 10.0. The predicted octanol–water partition coefficient (Wildman–Crippen LogP) is 3.76. The number of nitrogens with zero attached hydrogens (tertiary/aromatic N) is 1. The highest BCUT2D eigenvalue weighted by atomic mass is 79.9. The van der Waals surface area contributed by atoms with E-state index in [0.717, 1.165) is 27.2 Å². The third-order valence-electron chi connectivity index (χ3n) is 2.62. The van der Waals surface area contributed by atoms with E-state index in [1.165, 1.54) is 5.56 Å². The molecule has 0 fully saturated rings. The molecule has 0 aliphatic heterocycles. The number of rotatable bonds is 3. The summed E-state index contributed by atoms with van der Waals surface area (Å²) in [5.74, 6) is 0. The van der Waals surface area contributed by atoms with Crippen molar-refractivity contribution in [2.24, 2.45) is 5.73 Å². The fraction of sp³-hybridized carbons (Fsp3) is 0.308. The number of benzene rings is 1. The van der Waals surface area contributed by atoms with Gasteiger partial charge in [0.05, 0.1) is 5.01 Å². The van der Waals surface area contributed by atoms with Crippen molar-refractivity contribution in [1.29, 1.82) is 0 Å². The summed E-state index contributed by atoms with van der Waals surface area (Å²) < 4.78 is 1.08.